The van der Waals surface area contributed by atoms with Gasteiger partial charge in [-0.1, -0.05) is 13.8 Å². The van der Waals surface area contributed by atoms with E-state index in [1.54, 1.807) is 6.07 Å². The zero-order valence-electron chi connectivity index (χ0n) is 12.0. The van der Waals surface area contributed by atoms with Gasteiger partial charge in [0.1, 0.15) is 11.6 Å². The van der Waals surface area contributed by atoms with Crippen LogP contribution in [0.5, 0.6) is 0 Å². The quantitative estimate of drug-likeness (QED) is 0.294. The van der Waals surface area contributed by atoms with E-state index in [0.29, 0.717) is 6.54 Å². The fourth-order valence-corrected chi connectivity index (χ4v) is 1.46. The molecular weight excluding hydrogens is 260 g/mol. The third-order valence-electron chi connectivity index (χ3n) is 2.70. The van der Waals surface area contributed by atoms with E-state index in [9.17, 15) is 9.59 Å². The van der Waals surface area contributed by atoms with Crippen LogP contribution in [0.15, 0.2) is 11.8 Å². The SMILES string of the molecule is CCN(CC)CCN/C=C(/C#N)C(=O)NCCC(=O)O. The first-order valence-corrected chi connectivity index (χ1v) is 6.61. The summed E-state index contributed by atoms with van der Waals surface area (Å²) in [5, 5.41) is 22.6. The van der Waals surface area contributed by atoms with Crippen LogP contribution in [0.2, 0.25) is 0 Å². The number of hydrogen-bond donors (Lipinski definition) is 3. The molecule has 0 heterocycles. The number of likely N-dealkylation sites (N-methyl/N-ethyl adjacent to an activating group) is 1. The molecule has 0 saturated carbocycles. The van der Waals surface area contributed by atoms with E-state index in [1.165, 1.54) is 6.20 Å². The van der Waals surface area contributed by atoms with Crippen LogP contribution in [0.1, 0.15) is 20.3 Å². The lowest BCUT2D eigenvalue weighted by Gasteiger charge is -2.17. The average molecular weight is 282 g/mol. The fourth-order valence-electron chi connectivity index (χ4n) is 1.46. The van der Waals surface area contributed by atoms with Gasteiger partial charge in [0.25, 0.3) is 5.91 Å². The summed E-state index contributed by atoms with van der Waals surface area (Å²) in [5.41, 5.74) is -0.0602. The summed E-state index contributed by atoms with van der Waals surface area (Å²) in [6, 6.07) is 1.78. The van der Waals surface area contributed by atoms with Crippen LogP contribution in [0, 0.1) is 11.3 Å². The van der Waals surface area contributed by atoms with Crippen molar-refractivity contribution in [1.82, 2.24) is 15.5 Å². The van der Waals surface area contributed by atoms with Crippen molar-refractivity contribution in [1.29, 1.82) is 5.26 Å². The van der Waals surface area contributed by atoms with Crippen LogP contribution < -0.4 is 10.6 Å². The van der Waals surface area contributed by atoms with Gasteiger partial charge in [0.15, 0.2) is 0 Å². The van der Waals surface area contributed by atoms with Gasteiger partial charge in [-0.25, -0.2) is 0 Å². The number of carboxylic acids is 1. The molecule has 7 heteroatoms. The summed E-state index contributed by atoms with van der Waals surface area (Å²) in [4.78, 5) is 24.1. The second kappa shape index (κ2) is 10.8. The monoisotopic (exact) mass is 282 g/mol. The number of carbonyl (C=O) groups is 2. The van der Waals surface area contributed by atoms with Crippen molar-refractivity contribution in [3.63, 3.8) is 0 Å². The lowest BCUT2D eigenvalue weighted by molar-refractivity contribution is -0.136. The maximum Gasteiger partial charge on any atom is 0.305 e. The topological polar surface area (TPSA) is 105 Å². The van der Waals surface area contributed by atoms with Crippen LogP contribution in [-0.2, 0) is 9.59 Å². The minimum Gasteiger partial charge on any atom is -0.481 e. The van der Waals surface area contributed by atoms with Crippen LogP contribution in [-0.4, -0.2) is 54.6 Å². The fraction of sp³-hybridized carbons (Fsp3) is 0.615. The zero-order valence-corrected chi connectivity index (χ0v) is 12.0. The Bertz CT molecular complexity index is 384. The minimum absolute atomic E-state index is 0.00658. The normalized spacial score (nSPS) is 11.0. The molecule has 0 aromatic rings. The Hall–Kier alpha value is -2.07. The molecule has 0 bridgehead atoms. The predicted molar refractivity (Wildman–Crippen MR) is 74.7 cm³/mol. The maximum atomic E-state index is 11.6. The summed E-state index contributed by atoms with van der Waals surface area (Å²) in [6.07, 6.45) is 1.19. The van der Waals surface area contributed by atoms with Gasteiger partial charge in [-0.15, -0.1) is 0 Å². The van der Waals surface area contributed by atoms with Gasteiger partial charge < -0.3 is 20.6 Å². The molecule has 0 aromatic carbocycles. The number of rotatable bonds is 10. The Morgan fingerprint density at radius 3 is 2.45 bits per heavy atom. The molecule has 20 heavy (non-hydrogen) atoms. The van der Waals surface area contributed by atoms with Gasteiger partial charge in [-0.3, -0.25) is 9.59 Å². The first-order chi connectivity index (χ1) is 9.54. The summed E-state index contributed by atoms with van der Waals surface area (Å²) in [5.74, 6) is -1.56. The standard InChI is InChI=1S/C13H22N4O3/c1-3-17(4-2)8-7-15-10-11(9-14)13(20)16-6-5-12(18)19/h10,15H,3-8H2,1-2H3,(H,16,20)(H,18,19)/b11-10-. The molecule has 1 amide bonds. The van der Waals surface area contributed by atoms with E-state index < -0.39 is 11.9 Å². The Labute approximate surface area is 119 Å². The van der Waals surface area contributed by atoms with Gasteiger partial charge >= 0.3 is 5.97 Å². The molecular formula is C13H22N4O3. The van der Waals surface area contributed by atoms with Gasteiger partial charge in [-0.2, -0.15) is 5.26 Å². The summed E-state index contributed by atoms with van der Waals surface area (Å²) in [7, 11) is 0. The third-order valence-corrected chi connectivity index (χ3v) is 2.70. The Balaban J connectivity index is 4.11. The van der Waals surface area contributed by atoms with Crippen molar-refractivity contribution in [2.45, 2.75) is 20.3 Å². The van der Waals surface area contributed by atoms with E-state index in [-0.39, 0.29) is 18.5 Å². The number of carbonyl (C=O) groups excluding carboxylic acids is 1. The lowest BCUT2D eigenvalue weighted by atomic mass is 10.3. The Kier molecular flexibility index (Phi) is 9.70. The summed E-state index contributed by atoms with van der Waals surface area (Å²) in [6.45, 7) is 7.49. The maximum absolute atomic E-state index is 11.6. The number of amides is 1. The molecule has 112 valence electrons. The number of carboxylic acid groups (broad SMARTS) is 1. The number of nitrogens with one attached hydrogen (secondary N) is 2. The largest absolute Gasteiger partial charge is 0.481 e. The highest BCUT2D eigenvalue weighted by molar-refractivity contribution is 5.97. The highest BCUT2D eigenvalue weighted by atomic mass is 16.4. The first-order valence-electron chi connectivity index (χ1n) is 6.61. The van der Waals surface area contributed by atoms with Crippen molar-refractivity contribution >= 4 is 11.9 Å². The smallest absolute Gasteiger partial charge is 0.305 e. The van der Waals surface area contributed by atoms with E-state index in [0.717, 1.165) is 19.6 Å². The average Bonchev–Trinajstić information content (AvgIpc) is 2.42. The molecule has 0 spiro atoms. The zero-order chi connectivity index (χ0) is 15.4. The van der Waals surface area contributed by atoms with Gasteiger partial charge in [-0.05, 0) is 13.1 Å². The van der Waals surface area contributed by atoms with Crippen LogP contribution in [0.25, 0.3) is 0 Å². The number of aliphatic carboxylic acids is 1. The van der Waals surface area contributed by atoms with Crippen molar-refractivity contribution in [3.8, 4) is 6.07 Å². The molecule has 0 aliphatic carbocycles. The molecule has 0 rings (SSSR count). The molecule has 0 atom stereocenters. The van der Waals surface area contributed by atoms with Crippen LogP contribution in [0.3, 0.4) is 0 Å². The first kappa shape index (κ1) is 17.9. The van der Waals surface area contributed by atoms with Gasteiger partial charge in [0, 0.05) is 25.8 Å². The molecule has 0 aliphatic heterocycles. The minimum atomic E-state index is -0.995. The number of hydrogen-bond acceptors (Lipinski definition) is 5. The van der Waals surface area contributed by atoms with Gasteiger partial charge in [0.05, 0.1) is 6.42 Å². The second-order valence-corrected chi connectivity index (χ2v) is 4.05. The molecule has 0 aromatic heterocycles. The van der Waals surface area contributed by atoms with Crippen molar-refractivity contribution in [2.24, 2.45) is 0 Å². The molecule has 0 saturated heterocycles. The summed E-state index contributed by atoms with van der Waals surface area (Å²) < 4.78 is 0. The lowest BCUT2D eigenvalue weighted by Crippen LogP contribution is -2.31. The summed E-state index contributed by atoms with van der Waals surface area (Å²) >= 11 is 0. The number of nitrogens with zero attached hydrogens (tertiary/aromatic N) is 2. The second-order valence-electron chi connectivity index (χ2n) is 4.05. The molecule has 0 unspecified atom stereocenters. The van der Waals surface area contributed by atoms with Crippen LogP contribution >= 0.6 is 0 Å². The van der Waals surface area contributed by atoms with Crippen molar-refractivity contribution in [3.05, 3.63) is 11.8 Å². The van der Waals surface area contributed by atoms with E-state index in [1.807, 2.05) is 0 Å². The Morgan fingerprint density at radius 1 is 1.30 bits per heavy atom. The molecule has 7 nitrogen and oxygen atoms in total. The van der Waals surface area contributed by atoms with Crippen molar-refractivity contribution < 1.29 is 14.7 Å². The molecule has 0 radical (unpaired) electrons. The Morgan fingerprint density at radius 2 is 1.95 bits per heavy atom. The third kappa shape index (κ3) is 8.11. The van der Waals surface area contributed by atoms with E-state index in [4.69, 9.17) is 10.4 Å². The van der Waals surface area contributed by atoms with Crippen LogP contribution in [0.4, 0.5) is 0 Å². The van der Waals surface area contributed by atoms with Gasteiger partial charge in [0.2, 0.25) is 0 Å². The predicted octanol–water partition coefficient (Wildman–Crippen LogP) is -0.0838. The number of nitriles is 1. The molecule has 3 N–H and O–H groups in total. The van der Waals surface area contributed by atoms with Crippen molar-refractivity contribution in [2.75, 3.05) is 32.7 Å². The molecule has 0 aliphatic rings. The molecule has 0 fully saturated rings. The van der Waals surface area contributed by atoms with E-state index >= 15 is 0 Å². The highest BCUT2D eigenvalue weighted by Crippen LogP contribution is 1.91. The highest BCUT2D eigenvalue weighted by Gasteiger charge is 2.08. The van der Waals surface area contributed by atoms with E-state index in [2.05, 4.69) is 29.4 Å².